The van der Waals surface area contributed by atoms with Crippen molar-refractivity contribution in [3.8, 4) is 11.1 Å². The van der Waals surface area contributed by atoms with E-state index in [0.29, 0.717) is 5.57 Å². The van der Waals surface area contributed by atoms with Crippen LogP contribution < -0.4 is 0 Å². The predicted molar refractivity (Wildman–Crippen MR) is 115 cm³/mol. The van der Waals surface area contributed by atoms with Crippen LogP contribution in [0.15, 0.2) is 78.4 Å². The van der Waals surface area contributed by atoms with Crippen molar-refractivity contribution in [1.29, 1.82) is 5.41 Å². The van der Waals surface area contributed by atoms with Gasteiger partial charge in [0.05, 0.1) is 6.61 Å². The molecule has 0 fully saturated rings. The maximum absolute atomic E-state index is 9.56. The Kier molecular flexibility index (Phi) is 4.57. The van der Waals surface area contributed by atoms with Crippen molar-refractivity contribution in [3.63, 3.8) is 0 Å². The quantitative estimate of drug-likeness (QED) is 0.344. The number of aryl methyl sites for hydroxylation is 1. The number of hydrogen-bond donors (Lipinski definition) is 2. The van der Waals surface area contributed by atoms with Crippen molar-refractivity contribution >= 4 is 33.8 Å². The molecule has 2 heteroatoms. The van der Waals surface area contributed by atoms with Crippen LogP contribution in [0.3, 0.4) is 0 Å². The fraction of sp³-hybridized carbons (Fsp3) is 0.0800. The summed E-state index contributed by atoms with van der Waals surface area (Å²) in [5, 5.41) is 21.8. The van der Waals surface area contributed by atoms with Gasteiger partial charge in [0.25, 0.3) is 0 Å². The maximum atomic E-state index is 9.56. The maximum Gasteiger partial charge on any atom is 0.0696 e. The average Bonchev–Trinajstić information content (AvgIpc) is 2.74. The van der Waals surface area contributed by atoms with Gasteiger partial charge in [0, 0.05) is 6.21 Å². The number of aliphatic hydroxyl groups excluding tert-OH is 1. The SMILES string of the molecule is Cc1c2ccccc2c(/C=C(\C=N)CO)c2ccc(-c3ccccc3)cc12. The van der Waals surface area contributed by atoms with Gasteiger partial charge in [0.2, 0.25) is 0 Å². The molecule has 0 saturated carbocycles. The number of benzene rings is 4. The van der Waals surface area contributed by atoms with E-state index in [4.69, 9.17) is 5.41 Å². The summed E-state index contributed by atoms with van der Waals surface area (Å²) in [6, 6.07) is 25.3. The molecule has 0 bridgehead atoms. The Morgan fingerprint density at radius 2 is 1.48 bits per heavy atom. The molecule has 0 aliphatic heterocycles. The van der Waals surface area contributed by atoms with Crippen molar-refractivity contribution < 1.29 is 5.11 Å². The van der Waals surface area contributed by atoms with Crippen LogP contribution in [0, 0.1) is 12.3 Å². The van der Waals surface area contributed by atoms with Gasteiger partial charge in [-0.1, -0.05) is 66.7 Å². The summed E-state index contributed by atoms with van der Waals surface area (Å²) in [4.78, 5) is 0. The van der Waals surface area contributed by atoms with Crippen LogP contribution >= 0.6 is 0 Å². The molecule has 4 aromatic carbocycles. The zero-order valence-corrected chi connectivity index (χ0v) is 15.2. The number of hydrogen-bond acceptors (Lipinski definition) is 2. The second-order valence-corrected chi connectivity index (χ2v) is 6.73. The summed E-state index contributed by atoms with van der Waals surface area (Å²) >= 11 is 0. The Morgan fingerprint density at radius 1 is 0.815 bits per heavy atom. The zero-order chi connectivity index (χ0) is 18.8. The standard InChI is InChI=1S/C25H21NO/c1-17-21-9-5-6-10-22(21)25(13-18(15-26)16-27)23-12-11-20(14-24(17)23)19-7-3-2-4-8-19/h2-15,26-27H,16H2,1H3/b18-13+,26-15?. The summed E-state index contributed by atoms with van der Waals surface area (Å²) in [5.41, 5.74) is 5.28. The summed E-state index contributed by atoms with van der Waals surface area (Å²) in [6.07, 6.45) is 3.15. The Hall–Kier alpha value is -3.23. The van der Waals surface area contributed by atoms with Gasteiger partial charge in [-0.05, 0) is 68.4 Å². The molecule has 0 saturated heterocycles. The predicted octanol–water partition coefficient (Wildman–Crippen LogP) is 5.99. The normalized spacial score (nSPS) is 11.9. The van der Waals surface area contributed by atoms with Crippen LogP contribution in [0.4, 0.5) is 0 Å². The van der Waals surface area contributed by atoms with Crippen LogP contribution in [0.1, 0.15) is 11.1 Å². The van der Waals surface area contributed by atoms with E-state index in [2.05, 4.69) is 67.6 Å². The molecule has 0 spiro atoms. The lowest BCUT2D eigenvalue weighted by atomic mass is 9.89. The smallest absolute Gasteiger partial charge is 0.0696 e. The van der Waals surface area contributed by atoms with Crippen LogP contribution in [0.2, 0.25) is 0 Å². The molecule has 0 unspecified atom stereocenters. The van der Waals surface area contributed by atoms with Crippen molar-refractivity contribution in [2.24, 2.45) is 0 Å². The molecule has 4 aromatic rings. The van der Waals surface area contributed by atoms with E-state index in [1.54, 1.807) is 0 Å². The molecule has 0 aliphatic rings. The number of nitrogens with one attached hydrogen (secondary N) is 1. The van der Waals surface area contributed by atoms with Crippen molar-refractivity contribution in [1.82, 2.24) is 0 Å². The first-order valence-corrected chi connectivity index (χ1v) is 9.05. The lowest BCUT2D eigenvalue weighted by Gasteiger charge is -2.14. The molecule has 0 aliphatic carbocycles. The Morgan fingerprint density at radius 3 is 2.19 bits per heavy atom. The highest BCUT2D eigenvalue weighted by molar-refractivity contribution is 6.11. The van der Waals surface area contributed by atoms with E-state index in [1.165, 1.54) is 33.7 Å². The Balaban J connectivity index is 2.09. The second-order valence-electron chi connectivity index (χ2n) is 6.73. The minimum Gasteiger partial charge on any atom is -0.392 e. The first kappa shape index (κ1) is 17.2. The van der Waals surface area contributed by atoms with E-state index in [9.17, 15) is 5.11 Å². The highest BCUT2D eigenvalue weighted by atomic mass is 16.3. The van der Waals surface area contributed by atoms with Crippen LogP contribution in [0.25, 0.3) is 38.7 Å². The van der Waals surface area contributed by atoms with E-state index in [1.807, 2.05) is 18.2 Å². The van der Waals surface area contributed by atoms with Gasteiger partial charge in [-0.2, -0.15) is 0 Å². The van der Waals surface area contributed by atoms with Crippen molar-refractivity contribution in [3.05, 3.63) is 89.5 Å². The van der Waals surface area contributed by atoms with Gasteiger partial charge >= 0.3 is 0 Å². The number of aliphatic hydroxyl groups is 1. The van der Waals surface area contributed by atoms with E-state index in [-0.39, 0.29) is 6.61 Å². The highest BCUT2D eigenvalue weighted by Crippen LogP contribution is 2.36. The molecule has 0 amide bonds. The summed E-state index contributed by atoms with van der Waals surface area (Å²) in [6.45, 7) is 2.02. The molecule has 2 N–H and O–H groups in total. The van der Waals surface area contributed by atoms with Crippen LogP contribution in [-0.2, 0) is 0 Å². The van der Waals surface area contributed by atoms with Gasteiger partial charge in [-0.3, -0.25) is 0 Å². The average molecular weight is 351 g/mol. The third kappa shape index (κ3) is 3.05. The summed E-state index contributed by atoms with van der Waals surface area (Å²) < 4.78 is 0. The van der Waals surface area contributed by atoms with E-state index < -0.39 is 0 Å². The molecule has 0 aromatic heterocycles. The number of rotatable bonds is 4. The molecule has 4 rings (SSSR count). The zero-order valence-electron chi connectivity index (χ0n) is 15.2. The topological polar surface area (TPSA) is 44.1 Å². The molecule has 27 heavy (non-hydrogen) atoms. The van der Waals surface area contributed by atoms with Gasteiger partial charge in [0.15, 0.2) is 0 Å². The monoisotopic (exact) mass is 351 g/mol. The lowest BCUT2D eigenvalue weighted by Crippen LogP contribution is -1.94. The summed E-state index contributed by atoms with van der Waals surface area (Å²) in [7, 11) is 0. The third-order valence-corrected chi connectivity index (χ3v) is 5.14. The van der Waals surface area contributed by atoms with Gasteiger partial charge < -0.3 is 10.5 Å². The summed E-state index contributed by atoms with van der Waals surface area (Å²) in [5.74, 6) is 0. The first-order chi connectivity index (χ1) is 13.2. The fourth-order valence-electron chi connectivity index (χ4n) is 3.71. The largest absolute Gasteiger partial charge is 0.392 e. The second kappa shape index (κ2) is 7.18. The molecule has 0 heterocycles. The molecule has 132 valence electrons. The van der Waals surface area contributed by atoms with Gasteiger partial charge in [0.1, 0.15) is 0 Å². The minimum absolute atomic E-state index is 0.144. The highest BCUT2D eigenvalue weighted by Gasteiger charge is 2.11. The van der Waals surface area contributed by atoms with Crippen LogP contribution in [0.5, 0.6) is 0 Å². The minimum atomic E-state index is -0.144. The molecular weight excluding hydrogens is 330 g/mol. The van der Waals surface area contributed by atoms with E-state index >= 15 is 0 Å². The molecule has 0 atom stereocenters. The molecule has 0 radical (unpaired) electrons. The van der Waals surface area contributed by atoms with Gasteiger partial charge in [-0.15, -0.1) is 0 Å². The Labute approximate surface area is 158 Å². The molecular formula is C25H21NO. The molecule has 2 nitrogen and oxygen atoms in total. The number of fused-ring (bicyclic) bond motifs is 2. The third-order valence-electron chi connectivity index (χ3n) is 5.14. The first-order valence-electron chi connectivity index (χ1n) is 9.05. The van der Waals surface area contributed by atoms with Gasteiger partial charge in [-0.25, -0.2) is 0 Å². The van der Waals surface area contributed by atoms with Crippen LogP contribution in [-0.4, -0.2) is 17.9 Å². The Bertz CT molecular complexity index is 1170. The van der Waals surface area contributed by atoms with Crippen molar-refractivity contribution in [2.75, 3.05) is 6.61 Å². The van der Waals surface area contributed by atoms with E-state index in [0.717, 1.165) is 16.3 Å². The fourth-order valence-corrected chi connectivity index (χ4v) is 3.71. The lowest BCUT2D eigenvalue weighted by molar-refractivity contribution is 0.338. The van der Waals surface area contributed by atoms with Crippen molar-refractivity contribution in [2.45, 2.75) is 6.92 Å².